The van der Waals surface area contributed by atoms with E-state index < -0.39 is 35.5 Å². The molecule has 6 rings (SSSR count). The first-order valence-electron chi connectivity index (χ1n) is 18.2. The van der Waals surface area contributed by atoms with Gasteiger partial charge < -0.3 is 45.7 Å². The van der Waals surface area contributed by atoms with E-state index in [1.165, 1.54) is 13.3 Å². The Bertz CT molecular complexity index is 1990. The molecule has 4 aliphatic rings. The van der Waals surface area contributed by atoms with E-state index in [0.29, 0.717) is 38.8 Å². The molecule has 290 valence electrons. The van der Waals surface area contributed by atoms with Crippen LogP contribution in [0, 0.1) is 36.5 Å². The van der Waals surface area contributed by atoms with Gasteiger partial charge in [0.05, 0.1) is 35.3 Å². The minimum Gasteiger partial charge on any atom is -0.507 e. The van der Waals surface area contributed by atoms with Crippen LogP contribution in [0.5, 0.6) is 17.2 Å². The van der Waals surface area contributed by atoms with Gasteiger partial charge in [0.15, 0.2) is 5.75 Å². The molecule has 4 heterocycles. The summed E-state index contributed by atoms with van der Waals surface area (Å²) in [5.41, 5.74) is 5.17. The zero-order valence-electron chi connectivity index (χ0n) is 33.1. The average molecular weight is 735 g/mol. The first kappa shape index (κ1) is 41.5. The van der Waals surface area contributed by atoms with Gasteiger partial charge in [-0.2, -0.15) is 0 Å². The number of carbonyl (C=O) groups is 1. The SMILES string of the molecule is C=C1c2c3c(C)c(O)c4c(O)c(c5c(c24)=NC(C)(C)N=5)NC(=O)/C(C)=C\C=C\[C@H](C)[C@H](O)[C@@H](C)[C@@H](O)[C@@H](C)[C@H](C)[C@H](C)[C@@H](OC)/C=C/O[C@@]1(C)O3.CN. The van der Waals surface area contributed by atoms with Crippen molar-refractivity contribution in [3.05, 3.63) is 64.6 Å². The number of hydrogen-bond acceptors (Lipinski definition) is 11. The summed E-state index contributed by atoms with van der Waals surface area (Å²) in [5.74, 6) is -3.24. The molecule has 0 spiro atoms. The van der Waals surface area contributed by atoms with Crippen molar-refractivity contribution in [1.29, 1.82) is 0 Å². The summed E-state index contributed by atoms with van der Waals surface area (Å²) in [6, 6.07) is 0. The number of amides is 1. The van der Waals surface area contributed by atoms with Gasteiger partial charge >= 0.3 is 0 Å². The number of nitrogens with zero attached hydrogens (tertiary/aromatic N) is 2. The second-order valence-corrected chi connectivity index (χ2v) is 15.2. The van der Waals surface area contributed by atoms with Crippen LogP contribution >= 0.6 is 0 Å². The van der Waals surface area contributed by atoms with Crippen LogP contribution in [-0.4, -0.2) is 70.3 Å². The number of phenols is 2. The third-order valence-electron chi connectivity index (χ3n) is 11.3. The van der Waals surface area contributed by atoms with Crippen LogP contribution in [0.3, 0.4) is 0 Å². The zero-order valence-corrected chi connectivity index (χ0v) is 33.1. The number of nitrogens with one attached hydrogen (secondary N) is 1. The van der Waals surface area contributed by atoms with E-state index in [1.54, 1.807) is 66.0 Å². The fourth-order valence-corrected chi connectivity index (χ4v) is 7.42. The maximum atomic E-state index is 13.6. The summed E-state index contributed by atoms with van der Waals surface area (Å²) in [4.78, 5) is 23.2. The molecule has 1 amide bonds. The normalized spacial score (nSPS) is 33.6. The Hall–Kier alpha value is -4.23. The molecule has 0 saturated carbocycles. The van der Waals surface area contributed by atoms with Crippen molar-refractivity contribution in [2.75, 3.05) is 19.5 Å². The average Bonchev–Trinajstić information content (AvgIpc) is 3.59. The lowest BCUT2D eigenvalue weighted by molar-refractivity contribution is -0.112. The van der Waals surface area contributed by atoms with Gasteiger partial charge in [-0.15, -0.1) is 0 Å². The van der Waals surface area contributed by atoms with Gasteiger partial charge in [-0.05, 0) is 58.6 Å². The van der Waals surface area contributed by atoms with Crippen LogP contribution in [-0.2, 0) is 14.3 Å². The Morgan fingerprint density at radius 1 is 0.887 bits per heavy atom. The third-order valence-corrected chi connectivity index (χ3v) is 11.3. The summed E-state index contributed by atoms with van der Waals surface area (Å²) < 4.78 is 18.6. The molecule has 0 aromatic heterocycles. The Labute approximate surface area is 312 Å². The van der Waals surface area contributed by atoms with Crippen LogP contribution < -0.4 is 26.5 Å². The first-order valence-corrected chi connectivity index (χ1v) is 18.2. The Morgan fingerprint density at radius 3 is 2.13 bits per heavy atom. The second-order valence-electron chi connectivity index (χ2n) is 15.2. The molecular weight excluding hydrogens is 676 g/mol. The van der Waals surface area contributed by atoms with Crippen molar-refractivity contribution in [2.24, 2.45) is 45.3 Å². The highest BCUT2D eigenvalue weighted by atomic mass is 16.7. The van der Waals surface area contributed by atoms with Crippen LogP contribution in [0.1, 0.15) is 73.4 Å². The van der Waals surface area contributed by atoms with Crippen LogP contribution in [0.2, 0.25) is 0 Å². The van der Waals surface area contributed by atoms with Gasteiger partial charge in [-0.1, -0.05) is 59.4 Å². The molecule has 0 saturated heterocycles. The zero-order chi connectivity index (χ0) is 39.9. The maximum Gasteiger partial charge on any atom is 0.274 e. The van der Waals surface area contributed by atoms with E-state index in [0.717, 1.165) is 0 Å². The number of benzene rings is 2. The van der Waals surface area contributed by atoms with Crippen LogP contribution in [0.25, 0.3) is 16.3 Å². The van der Waals surface area contributed by atoms with E-state index in [4.69, 9.17) is 24.2 Å². The summed E-state index contributed by atoms with van der Waals surface area (Å²) in [7, 11) is 3.12. The lowest BCUT2D eigenvalue weighted by Gasteiger charge is -2.37. The molecule has 0 aliphatic carbocycles. The Morgan fingerprint density at radius 2 is 1.51 bits per heavy atom. The van der Waals surface area contributed by atoms with Crippen molar-refractivity contribution in [3.63, 3.8) is 0 Å². The first-order chi connectivity index (χ1) is 24.8. The van der Waals surface area contributed by atoms with Gasteiger partial charge in [0.2, 0.25) is 0 Å². The molecule has 53 heavy (non-hydrogen) atoms. The molecule has 12 nitrogen and oxygen atoms in total. The topological polar surface area (TPSA) is 188 Å². The Kier molecular flexibility index (Phi) is 12.2. The summed E-state index contributed by atoms with van der Waals surface area (Å²) in [5, 5.41) is 49.9. The number of aliphatic hydroxyl groups is 2. The standard InChI is InChI=1S/C40H53N3O8.CH5N/c1-18-14-13-15-19(2)38(48)41-32-31-30(42-39(9,10)43-31)28-27-25(8)40(11,51-37(27)24(7)35(46)29(28)36(32)47)50-17-16-26(49-12)21(4)20(3)22(5)34(45)23(6)33(18)44;1-2/h13-18,20-23,26,33-34,44-47H,8H2,1-7,9-12H3,(H,41,48);2H2,1H3/b14-13+,17-16+,19-15-;/t18-,20+,21-,22-,23+,26-,33-,34-,40-;/m0./s1. The molecule has 4 aliphatic heterocycles. The predicted molar refractivity (Wildman–Crippen MR) is 207 cm³/mol. The van der Waals surface area contributed by atoms with Gasteiger partial charge in [-0.25, -0.2) is 0 Å². The fraction of sp³-hybridized carbons (Fsp3) is 0.537. The predicted octanol–water partition coefficient (Wildman–Crippen LogP) is 5.15. The number of hydrogen-bond donors (Lipinski definition) is 6. The highest BCUT2D eigenvalue weighted by Crippen LogP contribution is 2.53. The number of ether oxygens (including phenoxy) is 3. The molecule has 0 unspecified atom stereocenters. The van der Waals surface area contributed by atoms with Crippen molar-refractivity contribution < 1.29 is 39.4 Å². The largest absolute Gasteiger partial charge is 0.507 e. The number of anilines is 1. The monoisotopic (exact) mass is 734 g/mol. The molecule has 0 radical (unpaired) electrons. The molecule has 2 aromatic carbocycles. The Balaban J connectivity index is 0.00000308. The van der Waals surface area contributed by atoms with Crippen molar-refractivity contribution in [1.82, 2.24) is 0 Å². The van der Waals surface area contributed by atoms with E-state index in [1.807, 2.05) is 27.7 Å². The van der Waals surface area contributed by atoms with Gasteiger partial charge in [0.25, 0.3) is 11.7 Å². The van der Waals surface area contributed by atoms with Crippen molar-refractivity contribution >= 4 is 27.9 Å². The maximum absolute atomic E-state index is 13.6. The van der Waals surface area contributed by atoms with E-state index >= 15 is 0 Å². The van der Waals surface area contributed by atoms with Gasteiger partial charge in [0, 0.05) is 53.5 Å². The van der Waals surface area contributed by atoms with Crippen molar-refractivity contribution in [3.8, 4) is 17.2 Å². The number of aliphatic hydroxyl groups excluding tert-OH is 2. The highest BCUT2D eigenvalue weighted by Gasteiger charge is 2.45. The number of carbonyl (C=O) groups excluding carboxylic acids is 1. The summed E-state index contributed by atoms with van der Waals surface area (Å²) in [6.45, 7) is 22.8. The van der Waals surface area contributed by atoms with Crippen LogP contribution in [0.4, 0.5) is 5.69 Å². The van der Waals surface area contributed by atoms with Crippen LogP contribution in [0.15, 0.2) is 52.7 Å². The summed E-state index contributed by atoms with van der Waals surface area (Å²) in [6.07, 6.45) is 6.37. The minimum atomic E-state index is -1.41. The van der Waals surface area contributed by atoms with E-state index in [2.05, 4.69) is 24.6 Å². The molecule has 12 heteroatoms. The fourth-order valence-electron chi connectivity index (χ4n) is 7.42. The second kappa shape index (κ2) is 15.6. The quantitative estimate of drug-likeness (QED) is 0.216. The number of phenolic OH excluding ortho intramolecular Hbond substituents is 2. The lowest BCUT2D eigenvalue weighted by Crippen LogP contribution is -2.41. The van der Waals surface area contributed by atoms with E-state index in [9.17, 15) is 25.2 Å². The summed E-state index contributed by atoms with van der Waals surface area (Å²) >= 11 is 0. The lowest BCUT2D eigenvalue weighted by atomic mass is 9.74. The number of allylic oxidation sites excluding steroid dienone is 2. The van der Waals surface area contributed by atoms with Gasteiger partial charge in [0.1, 0.15) is 28.2 Å². The van der Waals surface area contributed by atoms with E-state index in [-0.39, 0.29) is 57.7 Å². The third kappa shape index (κ3) is 7.47. The number of aromatic hydroxyl groups is 2. The number of nitrogens with two attached hydrogens (primary N) is 1. The molecule has 2 aromatic rings. The minimum absolute atomic E-state index is 0.0128. The molecule has 7 N–H and O–H groups in total. The number of methoxy groups -OCH3 is 1. The highest BCUT2D eigenvalue weighted by molar-refractivity contribution is 6.11. The molecule has 5 bridgehead atoms. The number of fused-ring (bicyclic) bond motifs is 13. The molecule has 0 fully saturated rings. The van der Waals surface area contributed by atoms with Gasteiger partial charge in [-0.3, -0.25) is 14.8 Å². The smallest absolute Gasteiger partial charge is 0.274 e. The number of rotatable bonds is 1. The molecule has 9 atom stereocenters. The molecular formula is C41H58N4O8. The van der Waals surface area contributed by atoms with Crippen molar-refractivity contribution in [2.45, 2.75) is 99.0 Å².